The highest BCUT2D eigenvalue weighted by Crippen LogP contribution is 2.41. The quantitative estimate of drug-likeness (QED) is 0.603. The summed E-state index contributed by atoms with van der Waals surface area (Å²) < 4.78 is 14.0. The third-order valence-electron chi connectivity index (χ3n) is 5.94. The second kappa shape index (κ2) is 7.65. The lowest BCUT2D eigenvalue weighted by atomic mass is 9.87. The maximum atomic E-state index is 14.0. The second-order valence-corrected chi connectivity index (χ2v) is 7.84. The van der Waals surface area contributed by atoms with Crippen LogP contribution in [-0.2, 0) is 0 Å². The van der Waals surface area contributed by atoms with Crippen LogP contribution in [0, 0.1) is 5.92 Å². The van der Waals surface area contributed by atoms with Gasteiger partial charge in [0.25, 0.3) is 0 Å². The van der Waals surface area contributed by atoms with E-state index in [4.69, 9.17) is 0 Å². The summed E-state index contributed by atoms with van der Waals surface area (Å²) in [6.07, 6.45) is 24.7. The van der Waals surface area contributed by atoms with Gasteiger partial charge in [0.2, 0.25) is 0 Å². The summed E-state index contributed by atoms with van der Waals surface area (Å²) in [6.45, 7) is 2.17. The van der Waals surface area contributed by atoms with Crippen molar-refractivity contribution < 1.29 is 5.82 Å². The van der Waals surface area contributed by atoms with Crippen LogP contribution in [0.3, 0.4) is 0 Å². The minimum atomic E-state index is -0.0589. The molecule has 0 aliphatic heterocycles. The van der Waals surface area contributed by atoms with Gasteiger partial charge in [0.05, 0.1) is 0 Å². The Kier molecular flexibility index (Phi) is 5.10. The molecule has 1 N–H and O–H groups in total. The SMILES string of the molecule is CC1=C2C=CC(NC3CCCCC3)=CCC2C(C2=CC=CCC(F)=C2)=C1.[HH]. The fraction of sp³-hybridized carbons (Fsp3) is 0.417. The van der Waals surface area contributed by atoms with Gasteiger partial charge in [-0.2, -0.15) is 0 Å². The Bertz CT molecular complexity index is 785. The third-order valence-corrected chi connectivity index (χ3v) is 5.94. The summed E-state index contributed by atoms with van der Waals surface area (Å²) in [7, 11) is 0. The predicted octanol–water partition coefficient (Wildman–Crippen LogP) is 6.61. The zero-order valence-corrected chi connectivity index (χ0v) is 15.6. The van der Waals surface area contributed by atoms with Crippen LogP contribution >= 0.6 is 0 Å². The molecular formula is C24H30FN. The van der Waals surface area contributed by atoms with Gasteiger partial charge >= 0.3 is 0 Å². The van der Waals surface area contributed by atoms with Gasteiger partial charge in [0, 0.05) is 25.5 Å². The Labute approximate surface area is 157 Å². The van der Waals surface area contributed by atoms with E-state index in [0.717, 1.165) is 12.0 Å². The first-order valence-electron chi connectivity index (χ1n) is 10.0. The Morgan fingerprint density at radius 2 is 1.96 bits per heavy atom. The largest absolute Gasteiger partial charge is 0.383 e. The predicted molar refractivity (Wildman–Crippen MR) is 109 cm³/mol. The molecule has 4 aliphatic rings. The number of fused-ring (bicyclic) bond motifs is 1. The lowest BCUT2D eigenvalue weighted by molar-refractivity contribution is 0.399. The molecule has 0 saturated heterocycles. The lowest BCUT2D eigenvalue weighted by Crippen LogP contribution is -2.29. The van der Waals surface area contributed by atoms with Crippen molar-refractivity contribution in [3.05, 3.63) is 82.4 Å². The molecule has 0 radical (unpaired) electrons. The molecule has 138 valence electrons. The third kappa shape index (κ3) is 3.70. The average Bonchev–Trinajstić information content (AvgIpc) is 2.81. The van der Waals surface area contributed by atoms with Crippen molar-refractivity contribution >= 4 is 0 Å². The molecule has 1 fully saturated rings. The first-order valence-corrected chi connectivity index (χ1v) is 10.0. The molecule has 1 atom stereocenters. The van der Waals surface area contributed by atoms with Crippen LogP contribution in [-0.4, -0.2) is 6.04 Å². The van der Waals surface area contributed by atoms with Crippen LogP contribution in [0.25, 0.3) is 0 Å². The van der Waals surface area contributed by atoms with Crippen molar-refractivity contribution in [2.75, 3.05) is 0 Å². The fourth-order valence-electron chi connectivity index (χ4n) is 4.54. The van der Waals surface area contributed by atoms with Gasteiger partial charge in [0.15, 0.2) is 0 Å². The van der Waals surface area contributed by atoms with Crippen molar-refractivity contribution in [3.8, 4) is 0 Å². The molecule has 0 aromatic heterocycles. The molecule has 0 bridgehead atoms. The molecule has 1 unspecified atom stereocenters. The molecule has 26 heavy (non-hydrogen) atoms. The molecule has 4 aliphatic carbocycles. The van der Waals surface area contributed by atoms with Crippen molar-refractivity contribution in [1.29, 1.82) is 0 Å². The molecule has 4 rings (SSSR count). The standard InChI is InChI=1S/C24H28FN.H2/c1-17-15-24(18-7-5-6-8-19(25)16-18)23-14-12-21(11-13-22(17)23)26-20-9-3-2-4-10-20;/h5-7,11-13,15-16,20,23,26H,2-4,8-10,14H2,1H3;1H. The highest BCUT2D eigenvalue weighted by Gasteiger charge is 2.27. The van der Waals surface area contributed by atoms with E-state index in [0.29, 0.717) is 18.4 Å². The van der Waals surface area contributed by atoms with Crippen LogP contribution in [0.5, 0.6) is 0 Å². The summed E-state index contributed by atoms with van der Waals surface area (Å²) in [5.41, 5.74) is 6.19. The van der Waals surface area contributed by atoms with E-state index in [1.165, 1.54) is 54.5 Å². The molecule has 0 aromatic rings. The Balaban J connectivity index is 0.00000210. The summed E-state index contributed by atoms with van der Waals surface area (Å²) in [6, 6.07) is 0.620. The van der Waals surface area contributed by atoms with Crippen LogP contribution in [0.2, 0.25) is 0 Å². The minimum absolute atomic E-state index is 0. The number of rotatable bonds is 3. The molecule has 0 aromatic carbocycles. The average molecular weight is 352 g/mol. The van der Waals surface area contributed by atoms with E-state index < -0.39 is 0 Å². The van der Waals surface area contributed by atoms with Gasteiger partial charge in [-0.1, -0.05) is 55.7 Å². The van der Waals surface area contributed by atoms with E-state index >= 15 is 0 Å². The van der Waals surface area contributed by atoms with Gasteiger partial charge in [0.1, 0.15) is 5.83 Å². The Morgan fingerprint density at radius 1 is 1.12 bits per heavy atom. The van der Waals surface area contributed by atoms with Gasteiger partial charge in [-0.25, -0.2) is 4.39 Å². The molecule has 0 amide bonds. The first-order chi connectivity index (χ1) is 12.7. The molecule has 1 saturated carbocycles. The number of halogens is 1. The monoisotopic (exact) mass is 351 g/mol. The fourth-order valence-corrected chi connectivity index (χ4v) is 4.54. The number of nitrogens with one attached hydrogen (secondary N) is 1. The maximum Gasteiger partial charge on any atom is 0.104 e. The van der Waals surface area contributed by atoms with Crippen molar-refractivity contribution in [2.24, 2.45) is 5.92 Å². The Morgan fingerprint density at radius 3 is 2.81 bits per heavy atom. The maximum absolute atomic E-state index is 14.0. The lowest BCUT2D eigenvalue weighted by Gasteiger charge is -2.24. The normalized spacial score (nSPS) is 26.5. The molecule has 0 heterocycles. The number of hydrogen-bond acceptors (Lipinski definition) is 1. The van der Waals surface area contributed by atoms with Crippen LogP contribution in [0.4, 0.5) is 4.39 Å². The molecular weight excluding hydrogens is 321 g/mol. The van der Waals surface area contributed by atoms with Crippen molar-refractivity contribution in [1.82, 2.24) is 5.32 Å². The molecule has 1 nitrogen and oxygen atoms in total. The van der Waals surface area contributed by atoms with Gasteiger partial charge in [-0.3, -0.25) is 0 Å². The Hall–Kier alpha value is -2.09. The van der Waals surface area contributed by atoms with E-state index in [2.05, 4.69) is 36.5 Å². The summed E-state index contributed by atoms with van der Waals surface area (Å²) in [5, 5.41) is 3.75. The van der Waals surface area contributed by atoms with Crippen LogP contribution in [0.1, 0.15) is 53.3 Å². The summed E-state index contributed by atoms with van der Waals surface area (Å²) in [4.78, 5) is 0. The second-order valence-electron chi connectivity index (χ2n) is 7.84. The van der Waals surface area contributed by atoms with Crippen LogP contribution in [0.15, 0.2) is 82.4 Å². The van der Waals surface area contributed by atoms with Crippen molar-refractivity contribution in [2.45, 2.75) is 57.9 Å². The zero-order valence-electron chi connectivity index (χ0n) is 15.6. The number of allylic oxidation sites excluding steroid dienone is 13. The summed E-state index contributed by atoms with van der Waals surface area (Å²) in [5.74, 6) is 0.273. The van der Waals surface area contributed by atoms with Crippen molar-refractivity contribution in [3.63, 3.8) is 0 Å². The number of hydrogen-bond donors (Lipinski definition) is 1. The highest BCUT2D eigenvalue weighted by atomic mass is 19.1. The topological polar surface area (TPSA) is 12.0 Å². The highest BCUT2D eigenvalue weighted by molar-refractivity contribution is 5.59. The van der Waals surface area contributed by atoms with Crippen LogP contribution < -0.4 is 5.32 Å². The van der Waals surface area contributed by atoms with E-state index in [1.807, 2.05) is 18.2 Å². The first kappa shape index (κ1) is 17.3. The molecule has 0 spiro atoms. The van der Waals surface area contributed by atoms with Gasteiger partial charge < -0.3 is 5.32 Å². The zero-order chi connectivity index (χ0) is 17.9. The van der Waals surface area contributed by atoms with Gasteiger partial charge in [-0.05, 0) is 60.6 Å². The van der Waals surface area contributed by atoms with E-state index in [-0.39, 0.29) is 7.25 Å². The van der Waals surface area contributed by atoms with E-state index in [1.54, 1.807) is 6.08 Å². The molecule has 2 heteroatoms. The van der Waals surface area contributed by atoms with E-state index in [9.17, 15) is 4.39 Å². The summed E-state index contributed by atoms with van der Waals surface area (Å²) >= 11 is 0. The minimum Gasteiger partial charge on any atom is -0.383 e. The smallest absolute Gasteiger partial charge is 0.104 e. The van der Waals surface area contributed by atoms with Gasteiger partial charge in [-0.15, -0.1) is 0 Å².